The Bertz CT molecular complexity index is 841. The highest BCUT2D eigenvalue weighted by molar-refractivity contribution is 5.29. The summed E-state index contributed by atoms with van der Waals surface area (Å²) < 4.78 is 3.42. The molecule has 2 N–H and O–H groups in total. The summed E-state index contributed by atoms with van der Waals surface area (Å²) in [5.41, 5.74) is 1.21. The van der Waals surface area contributed by atoms with Gasteiger partial charge in [0.2, 0.25) is 0 Å². The van der Waals surface area contributed by atoms with Gasteiger partial charge in [0.05, 0.1) is 19.0 Å². The van der Waals surface area contributed by atoms with Crippen LogP contribution in [0.3, 0.4) is 0 Å². The number of nitrogens with zero attached hydrogens (tertiary/aromatic N) is 3. The summed E-state index contributed by atoms with van der Waals surface area (Å²) in [5.74, 6) is -0.209. The molecule has 0 spiro atoms. The molecule has 0 bridgehead atoms. The predicted molar refractivity (Wildman–Crippen MR) is 91.7 cm³/mol. The molecular weight excluding hydrogens is 304 g/mol. The SMILES string of the molecule is CC(NCc1ccn(Cc2ccccc2)c(=O)c1O)n1ccnc1. The molecule has 3 rings (SSSR count). The molecule has 124 valence electrons. The molecule has 6 heteroatoms. The minimum absolute atomic E-state index is 0.0126. The fourth-order valence-corrected chi connectivity index (χ4v) is 2.51. The van der Waals surface area contributed by atoms with Crippen LogP contribution in [0.2, 0.25) is 0 Å². The van der Waals surface area contributed by atoms with Gasteiger partial charge in [-0.25, -0.2) is 4.98 Å². The molecule has 2 aromatic heterocycles. The fourth-order valence-electron chi connectivity index (χ4n) is 2.51. The fraction of sp³-hybridized carbons (Fsp3) is 0.222. The molecule has 0 saturated carbocycles. The maximum atomic E-state index is 12.3. The molecule has 6 nitrogen and oxygen atoms in total. The van der Waals surface area contributed by atoms with Crippen molar-refractivity contribution in [2.75, 3.05) is 0 Å². The Morgan fingerprint density at radius 2 is 2.00 bits per heavy atom. The summed E-state index contributed by atoms with van der Waals surface area (Å²) in [6.45, 7) is 2.81. The molecule has 0 amide bonds. The quantitative estimate of drug-likeness (QED) is 0.728. The van der Waals surface area contributed by atoms with Crippen LogP contribution in [-0.4, -0.2) is 19.2 Å². The lowest BCUT2D eigenvalue weighted by atomic mass is 10.2. The molecule has 3 aromatic rings. The lowest BCUT2D eigenvalue weighted by molar-refractivity contribution is 0.415. The van der Waals surface area contributed by atoms with Gasteiger partial charge in [0.1, 0.15) is 0 Å². The van der Waals surface area contributed by atoms with Crippen molar-refractivity contribution >= 4 is 0 Å². The van der Waals surface area contributed by atoms with Crippen molar-refractivity contribution in [3.63, 3.8) is 0 Å². The summed E-state index contributed by atoms with van der Waals surface area (Å²) in [5, 5.41) is 13.5. The Morgan fingerprint density at radius 3 is 2.71 bits per heavy atom. The smallest absolute Gasteiger partial charge is 0.293 e. The van der Waals surface area contributed by atoms with E-state index in [1.54, 1.807) is 24.8 Å². The summed E-state index contributed by atoms with van der Waals surface area (Å²) in [6.07, 6.45) is 7.01. The molecule has 0 aliphatic rings. The minimum atomic E-state index is -0.381. The Morgan fingerprint density at radius 1 is 1.21 bits per heavy atom. The number of aromatic hydroxyl groups is 1. The standard InChI is InChI=1S/C18H20N4O2/c1-14(22-10-8-19-13-22)20-11-16-7-9-21(18(24)17(16)23)12-15-5-3-2-4-6-15/h2-10,13-14,20,23H,11-12H2,1H3. The summed E-state index contributed by atoms with van der Waals surface area (Å²) in [4.78, 5) is 16.3. The molecule has 0 fully saturated rings. The van der Waals surface area contributed by atoms with Crippen LogP contribution in [0.25, 0.3) is 0 Å². The highest BCUT2D eigenvalue weighted by Crippen LogP contribution is 2.13. The van der Waals surface area contributed by atoms with E-state index in [4.69, 9.17) is 0 Å². The average Bonchev–Trinajstić information content (AvgIpc) is 3.14. The van der Waals surface area contributed by atoms with Gasteiger partial charge in [-0.05, 0) is 18.6 Å². The van der Waals surface area contributed by atoms with Crippen molar-refractivity contribution in [2.24, 2.45) is 0 Å². The van der Waals surface area contributed by atoms with Crippen molar-refractivity contribution in [1.29, 1.82) is 0 Å². The van der Waals surface area contributed by atoms with Gasteiger partial charge in [-0.3, -0.25) is 10.1 Å². The number of rotatable bonds is 6. The first-order valence-corrected chi connectivity index (χ1v) is 7.81. The van der Waals surface area contributed by atoms with Gasteiger partial charge < -0.3 is 14.2 Å². The molecule has 1 aromatic carbocycles. The Labute approximate surface area is 140 Å². The molecule has 0 aliphatic carbocycles. The molecule has 0 saturated heterocycles. The van der Waals surface area contributed by atoms with Crippen LogP contribution in [-0.2, 0) is 13.1 Å². The van der Waals surface area contributed by atoms with Crippen LogP contribution in [0.15, 0.2) is 66.1 Å². The van der Waals surface area contributed by atoms with Gasteiger partial charge in [0.15, 0.2) is 5.75 Å². The monoisotopic (exact) mass is 324 g/mol. The maximum absolute atomic E-state index is 12.3. The van der Waals surface area contributed by atoms with E-state index in [1.807, 2.05) is 48.0 Å². The zero-order chi connectivity index (χ0) is 16.9. The lowest BCUT2D eigenvalue weighted by Crippen LogP contribution is -2.25. The van der Waals surface area contributed by atoms with Crippen LogP contribution in [0.5, 0.6) is 5.75 Å². The Kier molecular flexibility index (Phi) is 4.77. The van der Waals surface area contributed by atoms with Crippen molar-refractivity contribution in [3.8, 4) is 5.75 Å². The third-order valence-electron chi connectivity index (χ3n) is 3.98. The number of nitrogens with one attached hydrogen (secondary N) is 1. The number of imidazole rings is 1. The average molecular weight is 324 g/mol. The molecular formula is C18H20N4O2. The summed E-state index contributed by atoms with van der Waals surface area (Å²) >= 11 is 0. The Hall–Kier alpha value is -2.86. The Balaban J connectivity index is 1.72. The van der Waals surface area contributed by atoms with Crippen LogP contribution in [0.1, 0.15) is 24.2 Å². The molecule has 1 unspecified atom stereocenters. The third-order valence-corrected chi connectivity index (χ3v) is 3.98. The zero-order valence-electron chi connectivity index (χ0n) is 13.5. The highest BCUT2D eigenvalue weighted by Gasteiger charge is 2.10. The lowest BCUT2D eigenvalue weighted by Gasteiger charge is -2.16. The largest absolute Gasteiger partial charge is 0.503 e. The third kappa shape index (κ3) is 3.55. The predicted octanol–water partition coefficient (Wildman–Crippen LogP) is 2.11. The van der Waals surface area contributed by atoms with Crippen molar-refractivity contribution in [1.82, 2.24) is 19.4 Å². The van der Waals surface area contributed by atoms with E-state index in [-0.39, 0.29) is 17.5 Å². The van der Waals surface area contributed by atoms with Gasteiger partial charge in [0.25, 0.3) is 5.56 Å². The first kappa shape index (κ1) is 16.0. The first-order valence-electron chi connectivity index (χ1n) is 7.81. The van der Waals surface area contributed by atoms with Crippen molar-refractivity contribution in [2.45, 2.75) is 26.2 Å². The van der Waals surface area contributed by atoms with Crippen LogP contribution < -0.4 is 10.9 Å². The second-order valence-corrected chi connectivity index (χ2v) is 5.68. The van der Waals surface area contributed by atoms with Crippen molar-refractivity contribution in [3.05, 3.63) is 82.8 Å². The molecule has 2 heterocycles. The van der Waals surface area contributed by atoms with Gasteiger partial charge >= 0.3 is 0 Å². The maximum Gasteiger partial charge on any atom is 0.293 e. The normalized spacial score (nSPS) is 12.2. The number of benzene rings is 1. The minimum Gasteiger partial charge on any atom is -0.503 e. The summed E-state index contributed by atoms with van der Waals surface area (Å²) in [6, 6.07) is 11.5. The van der Waals surface area contributed by atoms with Gasteiger partial charge in [-0.2, -0.15) is 0 Å². The van der Waals surface area contributed by atoms with Gasteiger partial charge in [-0.15, -0.1) is 0 Å². The topological polar surface area (TPSA) is 72.1 Å². The van der Waals surface area contributed by atoms with E-state index in [9.17, 15) is 9.90 Å². The zero-order valence-corrected chi connectivity index (χ0v) is 13.5. The second kappa shape index (κ2) is 7.14. The first-order chi connectivity index (χ1) is 11.6. The molecule has 24 heavy (non-hydrogen) atoms. The van der Waals surface area contributed by atoms with Gasteiger partial charge in [0, 0.05) is 30.7 Å². The number of pyridine rings is 1. The van der Waals surface area contributed by atoms with E-state index in [0.29, 0.717) is 18.7 Å². The van der Waals surface area contributed by atoms with Crippen LogP contribution in [0.4, 0.5) is 0 Å². The van der Waals surface area contributed by atoms with E-state index >= 15 is 0 Å². The van der Waals surface area contributed by atoms with E-state index in [1.165, 1.54) is 4.57 Å². The number of aromatic nitrogens is 3. The van der Waals surface area contributed by atoms with Crippen LogP contribution in [0, 0.1) is 0 Å². The summed E-state index contributed by atoms with van der Waals surface area (Å²) in [7, 11) is 0. The van der Waals surface area contributed by atoms with E-state index in [0.717, 1.165) is 5.56 Å². The highest BCUT2D eigenvalue weighted by atomic mass is 16.3. The second-order valence-electron chi connectivity index (χ2n) is 5.68. The van der Waals surface area contributed by atoms with E-state index in [2.05, 4.69) is 10.3 Å². The molecule has 1 atom stereocenters. The van der Waals surface area contributed by atoms with Gasteiger partial charge in [-0.1, -0.05) is 30.3 Å². The number of hydrogen-bond acceptors (Lipinski definition) is 4. The van der Waals surface area contributed by atoms with Crippen molar-refractivity contribution < 1.29 is 5.11 Å². The van der Waals surface area contributed by atoms with E-state index < -0.39 is 0 Å². The molecule has 0 radical (unpaired) electrons. The van der Waals surface area contributed by atoms with Crippen LogP contribution >= 0.6 is 0 Å². The number of hydrogen-bond donors (Lipinski definition) is 2. The molecule has 0 aliphatic heterocycles.